The predicted molar refractivity (Wildman–Crippen MR) is 119 cm³/mol. The second-order valence-corrected chi connectivity index (χ2v) is 7.53. The normalized spacial score (nSPS) is 11.3. The summed E-state index contributed by atoms with van der Waals surface area (Å²) in [5, 5.41) is 6.66. The van der Waals surface area contributed by atoms with Crippen LogP contribution in [0, 0.1) is 13.8 Å². The quantitative estimate of drug-likeness (QED) is 0.524. The Balaban J connectivity index is 1.84. The van der Waals surface area contributed by atoms with Crippen molar-refractivity contribution in [3.05, 3.63) is 82.7 Å². The third-order valence-corrected chi connectivity index (χ3v) is 5.06. The summed E-state index contributed by atoms with van der Waals surface area (Å²) in [4.78, 5) is 24.3. The molecule has 0 aliphatic carbocycles. The van der Waals surface area contributed by atoms with Crippen LogP contribution in [0.1, 0.15) is 43.2 Å². The molecule has 7 nitrogen and oxygen atoms in total. The van der Waals surface area contributed by atoms with Gasteiger partial charge in [0.25, 0.3) is 11.8 Å². The molecule has 172 valence electrons. The van der Waals surface area contributed by atoms with Crippen molar-refractivity contribution in [2.75, 3.05) is 5.73 Å². The lowest BCUT2D eigenvalue weighted by atomic mass is 10.0. The van der Waals surface area contributed by atoms with Crippen LogP contribution in [0.4, 0.5) is 18.9 Å². The van der Waals surface area contributed by atoms with Crippen LogP contribution < -0.4 is 16.8 Å². The largest absolute Gasteiger partial charge is 0.418 e. The molecule has 3 rings (SSSR count). The van der Waals surface area contributed by atoms with Crippen molar-refractivity contribution in [3.63, 3.8) is 0 Å². The standard InChI is InChI=1S/C23H22F3N5O2/c1-12-4-5-13(2)17(10-12)22(33)29-11-15-6-8-16(9-7-15)31-20(21(28)32)18(27)19(30-31)14(3)23(24,25)26/h4-10H,3,11,27H2,1-2H3,(H2,28,32)(H,29,33). The number of aryl methyl sites for hydroxylation is 2. The van der Waals surface area contributed by atoms with Gasteiger partial charge in [0.1, 0.15) is 5.69 Å². The van der Waals surface area contributed by atoms with Gasteiger partial charge in [-0.05, 0) is 43.2 Å². The molecule has 0 radical (unpaired) electrons. The molecule has 0 atom stereocenters. The number of rotatable bonds is 6. The molecule has 0 bridgehead atoms. The van der Waals surface area contributed by atoms with Crippen LogP contribution in [0.5, 0.6) is 0 Å². The zero-order chi connectivity index (χ0) is 24.5. The van der Waals surface area contributed by atoms with Gasteiger partial charge in [-0.3, -0.25) is 9.59 Å². The Morgan fingerprint density at radius 3 is 2.33 bits per heavy atom. The van der Waals surface area contributed by atoms with Gasteiger partial charge in [-0.15, -0.1) is 0 Å². The minimum absolute atomic E-state index is 0.215. The number of benzene rings is 2. The number of carbonyl (C=O) groups is 2. The molecule has 5 N–H and O–H groups in total. The number of hydrogen-bond acceptors (Lipinski definition) is 4. The Kier molecular flexibility index (Phi) is 6.30. The second-order valence-electron chi connectivity index (χ2n) is 7.53. The Morgan fingerprint density at radius 1 is 1.12 bits per heavy atom. The number of alkyl halides is 3. The number of halogens is 3. The van der Waals surface area contributed by atoms with E-state index in [2.05, 4.69) is 17.0 Å². The molecule has 0 aliphatic heterocycles. The van der Waals surface area contributed by atoms with E-state index in [9.17, 15) is 22.8 Å². The molecule has 1 heterocycles. The van der Waals surface area contributed by atoms with Crippen LogP contribution in [0.3, 0.4) is 0 Å². The predicted octanol–water partition coefficient (Wildman–Crippen LogP) is 3.68. The van der Waals surface area contributed by atoms with Crippen molar-refractivity contribution >= 4 is 23.1 Å². The van der Waals surface area contributed by atoms with Crippen molar-refractivity contribution in [3.8, 4) is 5.69 Å². The average molecular weight is 457 g/mol. The molecular weight excluding hydrogens is 435 g/mol. The number of primary amides is 1. The van der Waals surface area contributed by atoms with E-state index >= 15 is 0 Å². The monoisotopic (exact) mass is 457 g/mol. The van der Waals surface area contributed by atoms with E-state index in [4.69, 9.17) is 11.5 Å². The summed E-state index contributed by atoms with van der Waals surface area (Å²) in [7, 11) is 0. The summed E-state index contributed by atoms with van der Waals surface area (Å²) in [5.41, 5.74) is 11.6. The fourth-order valence-corrected chi connectivity index (χ4v) is 3.22. The van der Waals surface area contributed by atoms with Crippen molar-refractivity contribution < 1.29 is 22.8 Å². The molecular formula is C23H22F3N5O2. The number of anilines is 1. The Morgan fingerprint density at radius 2 is 1.76 bits per heavy atom. The first-order chi connectivity index (χ1) is 15.4. The zero-order valence-electron chi connectivity index (χ0n) is 18.0. The highest BCUT2D eigenvalue weighted by Gasteiger charge is 2.37. The number of hydrogen-bond donors (Lipinski definition) is 3. The number of aromatic nitrogens is 2. The second kappa shape index (κ2) is 8.81. The first-order valence-corrected chi connectivity index (χ1v) is 9.79. The highest BCUT2D eigenvalue weighted by atomic mass is 19.4. The van der Waals surface area contributed by atoms with E-state index in [1.54, 1.807) is 18.2 Å². The van der Waals surface area contributed by atoms with Crippen LogP contribution in [0.15, 0.2) is 49.0 Å². The maximum Gasteiger partial charge on any atom is 0.418 e. The SMILES string of the molecule is C=C(c1nn(-c2ccc(CNC(=O)c3cc(C)ccc3C)cc2)c(C(N)=O)c1N)C(F)(F)F. The van der Waals surface area contributed by atoms with Gasteiger partial charge in [0.05, 0.1) is 16.9 Å². The smallest absolute Gasteiger partial charge is 0.395 e. The lowest BCUT2D eigenvalue weighted by Crippen LogP contribution is -2.23. The van der Waals surface area contributed by atoms with Gasteiger partial charge in [-0.25, -0.2) is 4.68 Å². The number of nitrogens with one attached hydrogen (secondary N) is 1. The van der Waals surface area contributed by atoms with Gasteiger partial charge in [-0.1, -0.05) is 36.4 Å². The molecule has 1 aromatic heterocycles. The molecule has 0 spiro atoms. The maximum absolute atomic E-state index is 13.1. The Hall–Kier alpha value is -4.08. The van der Waals surface area contributed by atoms with Gasteiger partial charge in [-0.2, -0.15) is 18.3 Å². The molecule has 2 amide bonds. The lowest BCUT2D eigenvalue weighted by Gasteiger charge is -2.10. The van der Waals surface area contributed by atoms with Gasteiger partial charge in [0, 0.05) is 12.1 Å². The van der Waals surface area contributed by atoms with Crippen LogP contribution in [-0.2, 0) is 6.54 Å². The van der Waals surface area contributed by atoms with Crippen LogP contribution in [0.25, 0.3) is 11.3 Å². The average Bonchev–Trinajstić information content (AvgIpc) is 3.10. The third-order valence-electron chi connectivity index (χ3n) is 5.06. The molecule has 0 fully saturated rings. The molecule has 3 aromatic rings. The number of carbonyl (C=O) groups excluding carboxylic acids is 2. The number of nitrogens with zero attached hydrogens (tertiary/aromatic N) is 2. The van der Waals surface area contributed by atoms with Gasteiger partial charge >= 0.3 is 6.18 Å². The summed E-state index contributed by atoms with van der Waals surface area (Å²) in [5.74, 6) is -1.27. The zero-order valence-corrected chi connectivity index (χ0v) is 18.0. The van der Waals surface area contributed by atoms with Crippen LogP contribution in [0.2, 0.25) is 0 Å². The van der Waals surface area contributed by atoms with E-state index < -0.39 is 29.0 Å². The van der Waals surface area contributed by atoms with Gasteiger partial charge in [0.2, 0.25) is 0 Å². The van der Waals surface area contributed by atoms with Crippen molar-refractivity contribution in [1.82, 2.24) is 15.1 Å². The number of nitrogen functional groups attached to an aromatic ring is 1. The summed E-state index contributed by atoms with van der Waals surface area (Å²) in [6, 6.07) is 11.9. The maximum atomic E-state index is 13.1. The highest BCUT2D eigenvalue weighted by molar-refractivity contribution is 5.99. The topological polar surface area (TPSA) is 116 Å². The van der Waals surface area contributed by atoms with Crippen LogP contribution in [-0.4, -0.2) is 27.8 Å². The molecule has 0 aliphatic rings. The summed E-state index contributed by atoms with van der Waals surface area (Å²) in [6.07, 6.45) is -4.78. The Labute approximate surface area is 187 Å². The molecule has 0 saturated carbocycles. The molecule has 0 unspecified atom stereocenters. The Bertz CT molecular complexity index is 1240. The van der Waals surface area contributed by atoms with Crippen molar-refractivity contribution in [1.29, 1.82) is 0 Å². The first-order valence-electron chi connectivity index (χ1n) is 9.79. The van der Waals surface area contributed by atoms with Crippen molar-refractivity contribution in [2.24, 2.45) is 5.73 Å². The molecule has 2 aromatic carbocycles. The number of allylic oxidation sites excluding steroid dienone is 1. The summed E-state index contributed by atoms with van der Waals surface area (Å²) in [6.45, 7) is 6.94. The number of nitrogens with two attached hydrogens (primary N) is 2. The fourth-order valence-electron chi connectivity index (χ4n) is 3.22. The minimum Gasteiger partial charge on any atom is -0.395 e. The van der Waals surface area contributed by atoms with E-state index in [0.717, 1.165) is 21.4 Å². The lowest BCUT2D eigenvalue weighted by molar-refractivity contribution is -0.0688. The molecule has 0 saturated heterocycles. The van der Waals surface area contributed by atoms with Crippen molar-refractivity contribution in [2.45, 2.75) is 26.6 Å². The first kappa shape index (κ1) is 23.6. The summed E-state index contributed by atoms with van der Waals surface area (Å²) >= 11 is 0. The molecule has 33 heavy (non-hydrogen) atoms. The van der Waals surface area contributed by atoms with Gasteiger partial charge in [0.15, 0.2) is 5.69 Å². The van der Waals surface area contributed by atoms with Gasteiger partial charge < -0.3 is 16.8 Å². The molecule has 10 heteroatoms. The van der Waals surface area contributed by atoms with E-state index in [-0.39, 0.29) is 23.8 Å². The number of amides is 2. The van der Waals surface area contributed by atoms with E-state index in [1.807, 2.05) is 26.0 Å². The summed E-state index contributed by atoms with van der Waals surface area (Å²) < 4.78 is 40.2. The third kappa shape index (κ3) is 4.89. The fraction of sp³-hybridized carbons (Fsp3) is 0.174. The van der Waals surface area contributed by atoms with Crippen LogP contribution >= 0.6 is 0 Å². The highest BCUT2D eigenvalue weighted by Crippen LogP contribution is 2.36. The van der Waals surface area contributed by atoms with E-state index in [0.29, 0.717) is 5.56 Å². The minimum atomic E-state index is -4.78. The van der Waals surface area contributed by atoms with E-state index in [1.165, 1.54) is 12.1 Å².